The van der Waals surface area contributed by atoms with Gasteiger partial charge in [0.2, 0.25) is 0 Å². The number of rotatable bonds is 4. The van der Waals surface area contributed by atoms with Gasteiger partial charge in [-0.25, -0.2) is 0 Å². The molecule has 5 heteroatoms. The van der Waals surface area contributed by atoms with E-state index in [0.29, 0.717) is 0 Å². The zero-order chi connectivity index (χ0) is 25.2. The summed E-state index contributed by atoms with van der Waals surface area (Å²) in [4.78, 5) is 18.7. The highest BCUT2D eigenvalue weighted by Crippen LogP contribution is 2.44. The molecular weight excluding hydrogens is 420 g/mol. The van der Waals surface area contributed by atoms with E-state index >= 15 is 0 Å². The Bertz CT molecular complexity index is 1130. The Balaban J connectivity index is 1.75. The first-order chi connectivity index (χ1) is 15.7. The second-order valence-electron chi connectivity index (χ2n) is 11.0. The maximum atomic E-state index is 14.2. The molecule has 2 aromatic rings. The van der Waals surface area contributed by atoms with Crippen LogP contribution in [-0.4, -0.2) is 28.9 Å². The van der Waals surface area contributed by atoms with Crippen molar-refractivity contribution in [2.45, 2.75) is 78.6 Å². The molecule has 0 aromatic heterocycles. The fourth-order valence-electron chi connectivity index (χ4n) is 6.15. The lowest BCUT2D eigenvalue weighted by atomic mass is 9.84. The van der Waals surface area contributed by atoms with E-state index in [4.69, 9.17) is 11.5 Å². The number of Topliss-reactive ketones (excluding diaryl/α,β-unsaturated/α-hetero) is 1. The van der Waals surface area contributed by atoms with E-state index in [9.17, 15) is 4.79 Å². The highest BCUT2D eigenvalue weighted by atomic mass is 16.1. The monoisotopic (exact) mass is 458 g/mol. The number of nitrogens with two attached hydrogens (primary N) is 2. The van der Waals surface area contributed by atoms with Crippen LogP contribution < -0.4 is 21.3 Å². The summed E-state index contributed by atoms with van der Waals surface area (Å²) < 4.78 is 0. The summed E-state index contributed by atoms with van der Waals surface area (Å²) in [6.07, 6.45) is 4.47. The molecule has 0 saturated heterocycles. The van der Waals surface area contributed by atoms with Crippen LogP contribution in [0.2, 0.25) is 0 Å². The molecule has 2 aliphatic rings. The van der Waals surface area contributed by atoms with E-state index in [-0.39, 0.29) is 28.9 Å². The molecule has 2 aromatic carbocycles. The van der Waals surface area contributed by atoms with Gasteiger partial charge in [-0.1, -0.05) is 12.2 Å². The molecule has 0 fully saturated rings. The molecule has 4 N–H and O–H groups in total. The van der Waals surface area contributed by atoms with Gasteiger partial charge in [0.1, 0.15) is 0 Å². The van der Waals surface area contributed by atoms with E-state index in [1.165, 1.54) is 11.1 Å². The van der Waals surface area contributed by atoms with Gasteiger partial charge in [-0.2, -0.15) is 0 Å². The number of hydrogen-bond acceptors (Lipinski definition) is 5. The van der Waals surface area contributed by atoms with E-state index < -0.39 is 0 Å². The maximum absolute atomic E-state index is 14.2. The van der Waals surface area contributed by atoms with Crippen molar-refractivity contribution in [3.63, 3.8) is 0 Å². The van der Waals surface area contributed by atoms with Gasteiger partial charge >= 0.3 is 0 Å². The molecular formula is C29H38N4O. The SMILES string of the molecule is CC1=CC(C)(C)N(C(C)C(=O)C(C)N2c3ccc(N)cc3C(C)=CC2(C)C)c2ccc(N)cc21. The Morgan fingerprint density at radius 1 is 0.735 bits per heavy atom. The summed E-state index contributed by atoms with van der Waals surface area (Å²) in [6, 6.07) is 11.3. The molecule has 180 valence electrons. The van der Waals surface area contributed by atoms with Crippen LogP contribution in [0.1, 0.15) is 66.5 Å². The largest absolute Gasteiger partial charge is 0.399 e. The molecule has 2 heterocycles. The number of ketones is 1. The second kappa shape index (κ2) is 7.93. The fourth-order valence-corrected chi connectivity index (χ4v) is 6.15. The fraction of sp³-hybridized carbons (Fsp3) is 0.414. The third kappa shape index (κ3) is 3.77. The molecule has 34 heavy (non-hydrogen) atoms. The molecule has 0 amide bonds. The van der Waals surface area contributed by atoms with Crippen LogP contribution in [-0.2, 0) is 4.79 Å². The summed E-state index contributed by atoms with van der Waals surface area (Å²) in [5.41, 5.74) is 19.7. The maximum Gasteiger partial charge on any atom is 0.177 e. The van der Waals surface area contributed by atoms with Gasteiger partial charge in [0.15, 0.2) is 5.78 Å². The van der Waals surface area contributed by atoms with Crippen LogP contribution in [0.5, 0.6) is 0 Å². The smallest absolute Gasteiger partial charge is 0.177 e. The van der Waals surface area contributed by atoms with Crippen LogP contribution in [0.15, 0.2) is 48.6 Å². The quantitative estimate of drug-likeness (QED) is 0.558. The Kier molecular flexibility index (Phi) is 5.58. The van der Waals surface area contributed by atoms with Crippen molar-refractivity contribution in [3.05, 3.63) is 59.7 Å². The summed E-state index contributed by atoms with van der Waals surface area (Å²) in [5, 5.41) is 0. The number of nitrogen functional groups attached to an aromatic ring is 2. The minimum atomic E-state index is -0.336. The van der Waals surface area contributed by atoms with Crippen LogP contribution in [0.25, 0.3) is 11.1 Å². The first-order valence-corrected chi connectivity index (χ1v) is 12.1. The van der Waals surface area contributed by atoms with E-state index in [2.05, 4.69) is 63.5 Å². The first-order valence-electron chi connectivity index (χ1n) is 12.1. The van der Waals surface area contributed by atoms with E-state index in [0.717, 1.165) is 33.9 Å². The normalized spacial score (nSPS) is 20.0. The molecule has 2 atom stereocenters. The van der Waals surface area contributed by atoms with Gasteiger partial charge in [-0.05, 0) is 103 Å². The predicted molar refractivity (Wildman–Crippen MR) is 146 cm³/mol. The molecule has 0 bridgehead atoms. The zero-order valence-corrected chi connectivity index (χ0v) is 21.7. The van der Waals surface area contributed by atoms with Gasteiger partial charge in [0.25, 0.3) is 0 Å². The average Bonchev–Trinajstić information content (AvgIpc) is 2.72. The van der Waals surface area contributed by atoms with E-state index in [1.54, 1.807) is 0 Å². The summed E-state index contributed by atoms with van der Waals surface area (Å²) in [6.45, 7) is 16.9. The molecule has 0 spiro atoms. The lowest BCUT2D eigenvalue weighted by molar-refractivity contribution is -0.121. The van der Waals surface area contributed by atoms with Crippen LogP contribution in [0.4, 0.5) is 22.7 Å². The summed E-state index contributed by atoms with van der Waals surface area (Å²) in [5.74, 6) is 0.174. The first kappa shape index (κ1) is 23.9. The van der Waals surface area contributed by atoms with Gasteiger partial charge in [-0.15, -0.1) is 0 Å². The predicted octanol–water partition coefficient (Wildman–Crippen LogP) is 5.90. The Morgan fingerprint density at radius 2 is 1.09 bits per heavy atom. The molecule has 0 saturated carbocycles. The topological polar surface area (TPSA) is 75.6 Å². The Hall–Kier alpha value is -3.21. The van der Waals surface area contributed by atoms with Gasteiger partial charge in [0, 0.05) is 33.9 Å². The minimum Gasteiger partial charge on any atom is -0.399 e. The van der Waals surface area contributed by atoms with Crippen molar-refractivity contribution in [2.75, 3.05) is 21.3 Å². The molecule has 0 radical (unpaired) electrons. The number of benzene rings is 2. The van der Waals surface area contributed by atoms with Crippen LogP contribution >= 0.6 is 0 Å². The Labute approximate surface area is 204 Å². The number of fused-ring (bicyclic) bond motifs is 2. The van der Waals surface area contributed by atoms with Crippen molar-refractivity contribution in [3.8, 4) is 0 Å². The molecule has 4 rings (SSSR count). The average molecular weight is 459 g/mol. The van der Waals surface area contributed by atoms with Crippen molar-refractivity contribution >= 4 is 39.7 Å². The second-order valence-corrected chi connectivity index (χ2v) is 11.0. The third-order valence-corrected chi connectivity index (χ3v) is 7.39. The number of carbonyl (C=O) groups is 1. The van der Waals surface area contributed by atoms with Gasteiger partial charge in [0.05, 0.1) is 23.2 Å². The van der Waals surface area contributed by atoms with E-state index in [1.807, 2.05) is 50.2 Å². The van der Waals surface area contributed by atoms with Gasteiger partial charge in [-0.3, -0.25) is 4.79 Å². The third-order valence-electron chi connectivity index (χ3n) is 7.39. The highest BCUT2D eigenvalue weighted by molar-refractivity contribution is 5.98. The van der Waals surface area contributed by atoms with Crippen molar-refractivity contribution in [1.29, 1.82) is 0 Å². The van der Waals surface area contributed by atoms with Crippen molar-refractivity contribution in [1.82, 2.24) is 0 Å². The number of anilines is 4. The molecule has 2 unspecified atom stereocenters. The number of nitrogens with zero attached hydrogens (tertiary/aromatic N) is 2. The number of carbonyl (C=O) groups excluding carboxylic acids is 1. The van der Waals surface area contributed by atoms with Gasteiger partial charge < -0.3 is 21.3 Å². The summed E-state index contributed by atoms with van der Waals surface area (Å²) in [7, 11) is 0. The summed E-state index contributed by atoms with van der Waals surface area (Å²) >= 11 is 0. The molecule has 0 aliphatic carbocycles. The standard InChI is InChI=1S/C29H38N4O/c1-17-15-28(5,6)32(25-11-9-21(30)13-23(17)25)19(3)27(34)20(4)33-26-12-10-22(31)14-24(26)18(2)16-29(33,7)8/h9-16,19-20H,30-31H2,1-8H3. The van der Waals surface area contributed by atoms with Crippen molar-refractivity contribution < 1.29 is 4.79 Å². The van der Waals surface area contributed by atoms with Crippen molar-refractivity contribution in [2.24, 2.45) is 0 Å². The van der Waals surface area contributed by atoms with Crippen LogP contribution in [0.3, 0.4) is 0 Å². The Morgan fingerprint density at radius 3 is 1.44 bits per heavy atom. The lowest BCUT2D eigenvalue weighted by Crippen LogP contribution is -2.60. The lowest BCUT2D eigenvalue weighted by Gasteiger charge is -2.50. The molecule has 5 nitrogen and oxygen atoms in total. The zero-order valence-electron chi connectivity index (χ0n) is 21.7. The number of allylic oxidation sites excluding steroid dienone is 2. The van der Waals surface area contributed by atoms with Crippen LogP contribution in [0, 0.1) is 0 Å². The minimum absolute atomic E-state index is 0.174. The number of hydrogen-bond donors (Lipinski definition) is 2. The molecule has 2 aliphatic heterocycles. The highest BCUT2D eigenvalue weighted by Gasteiger charge is 2.42.